The van der Waals surface area contributed by atoms with E-state index in [1.54, 1.807) is 6.92 Å². The van der Waals surface area contributed by atoms with Crippen LogP contribution < -0.4 is 0 Å². The molecule has 1 aromatic rings. The molecule has 0 heterocycles. The van der Waals surface area contributed by atoms with Crippen LogP contribution in [0.2, 0.25) is 0 Å². The predicted octanol–water partition coefficient (Wildman–Crippen LogP) is 3.58. The summed E-state index contributed by atoms with van der Waals surface area (Å²) in [5.74, 6) is 6.65. The lowest BCUT2D eigenvalue weighted by Gasteiger charge is -2.29. The second kappa shape index (κ2) is 5.19. The second-order valence-corrected chi connectivity index (χ2v) is 4.81. The van der Waals surface area contributed by atoms with Crippen LogP contribution in [0, 0.1) is 17.3 Å². The van der Waals surface area contributed by atoms with Crippen LogP contribution in [0.4, 0.5) is 0 Å². The van der Waals surface area contributed by atoms with E-state index in [9.17, 15) is 4.79 Å². The Kier molecular flexibility index (Phi) is 3.64. The first-order chi connectivity index (χ1) is 8.23. The normalized spacial score (nSPS) is 17.9. The number of Topliss-reactive ketones (excluding diaryl/α,β-unsaturated/α-hetero) is 1. The molecule has 17 heavy (non-hydrogen) atoms. The van der Waals surface area contributed by atoms with Crippen molar-refractivity contribution in [1.82, 2.24) is 0 Å². The van der Waals surface area contributed by atoms with Crippen molar-refractivity contribution in [2.75, 3.05) is 0 Å². The molecule has 0 aromatic heterocycles. The van der Waals surface area contributed by atoms with E-state index in [2.05, 4.69) is 11.8 Å². The van der Waals surface area contributed by atoms with Gasteiger partial charge in [0.2, 0.25) is 0 Å². The van der Waals surface area contributed by atoms with Gasteiger partial charge in [0, 0.05) is 5.56 Å². The Bertz CT molecular complexity index is 441. The lowest BCUT2D eigenvalue weighted by atomic mass is 9.72. The first-order valence-electron chi connectivity index (χ1n) is 6.32. The first-order valence-corrected chi connectivity index (χ1v) is 6.32. The minimum absolute atomic E-state index is 0.237. The van der Waals surface area contributed by atoms with Crippen LogP contribution in [0.3, 0.4) is 0 Å². The fourth-order valence-electron chi connectivity index (χ4n) is 2.43. The summed E-state index contributed by atoms with van der Waals surface area (Å²) >= 11 is 0. The molecule has 0 N–H and O–H groups in total. The molecule has 0 unspecified atom stereocenters. The van der Waals surface area contributed by atoms with Crippen LogP contribution >= 0.6 is 0 Å². The van der Waals surface area contributed by atoms with Gasteiger partial charge in [-0.15, -0.1) is 0 Å². The number of hydrogen-bond donors (Lipinski definition) is 0. The number of carbonyl (C=O) groups excluding carboxylic acids is 1. The van der Waals surface area contributed by atoms with Crippen LogP contribution in [-0.2, 0) is 4.79 Å². The Balaban J connectivity index is 2.24. The lowest BCUT2D eigenvalue weighted by molar-refractivity contribution is -0.125. The molecule has 0 amide bonds. The van der Waals surface area contributed by atoms with Gasteiger partial charge in [-0.3, -0.25) is 4.79 Å². The molecular formula is C16H18O. The molecule has 1 aliphatic carbocycles. The smallest absolute Gasteiger partial charge is 0.147 e. The number of rotatable bonds is 1. The number of carbonyl (C=O) groups is 1. The van der Waals surface area contributed by atoms with Crippen molar-refractivity contribution in [2.24, 2.45) is 5.41 Å². The third-order valence-corrected chi connectivity index (χ3v) is 3.60. The number of hydrogen-bond acceptors (Lipinski definition) is 1. The molecule has 0 radical (unpaired) electrons. The van der Waals surface area contributed by atoms with Crippen LogP contribution in [-0.4, -0.2) is 5.78 Å². The van der Waals surface area contributed by atoms with E-state index >= 15 is 0 Å². The summed E-state index contributed by atoms with van der Waals surface area (Å²) in [6.07, 6.45) is 5.36. The van der Waals surface area contributed by atoms with Gasteiger partial charge in [-0.1, -0.05) is 49.3 Å². The summed E-state index contributed by atoms with van der Waals surface area (Å²) in [5, 5.41) is 0. The van der Waals surface area contributed by atoms with Gasteiger partial charge in [-0.05, 0) is 31.9 Å². The van der Waals surface area contributed by atoms with Gasteiger partial charge >= 0.3 is 0 Å². The molecular weight excluding hydrogens is 208 g/mol. The van der Waals surface area contributed by atoms with E-state index < -0.39 is 0 Å². The highest BCUT2D eigenvalue weighted by Crippen LogP contribution is 2.36. The fraction of sp³-hybridized carbons (Fsp3) is 0.438. The monoisotopic (exact) mass is 226 g/mol. The molecule has 1 fully saturated rings. The van der Waals surface area contributed by atoms with Crippen LogP contribution in [0.5, 0.6) is 0 Å². The average molecular weight is 226 g/mol. The van der Waals surface area contributed by atoms with Gasteiger partial charge in [0.25, 0.3) is 0 Å². The highest BCUT2D eigenvalue weighted by molar-refractivity contribution is 5.86. The lowest BCUT2D eigenvalue weighted by Crippen LogP contribution is -2.30. The van der Waals surface area contributed by atoms with Crippen LogP contribution in [0.1, 0.15) is 44.6 Å². The summed E-state index contributed by atoms with van der Waals surface area (Å²) in [6, 6.07) is 9.91. The fourth-order valence-corrected chi connectivity index (χ4v) is 2.43. The highest BCUT2D eigenvalue weighted by Gasteiger charge is 2.34. The molecule has 0 spiro atoms. The van der Waals surface area contributed by atoms with Gasteiger partial charge in [-0.2, -0.15) is 0 Å². The van der Waals surface area contributed by atoms with Crippen molar-refractivity contribution in [3.05, 3.63) is 35.9 Å². The Morgan fingerprint density at radius 3 is 2.35 bits per heavy atom. The zero-order valence-corrected chi connectivity index (χ0v) is 10.3. The zero-order chi connectivity index (χ0) is 12.1. The third-order valence-electron chi connectivity index (χ3n) is 3.60. The largest absolute Gasteiger partial charge is 0.298 e. The second-order valence-electron chi connectivity index (χ2n) is 4.81. The standard InChI is InChI=1S/C16H18O/c1-14(17)16(11-6-3-7-12-16)13-10-15-8-4-2-5-9-15/h2,4-5,8-9H,3,6-7,11-12H2,1H3. The van der Waals surface area contributed by atoms with Gasteiger partial charge in [0.15, 0.2) is 0 Å². The summed E-state index contributed by atoms with van der Waals surface area (Å²) in [7, 11) is 0. The minimum atomic E-state index is -0.367. The maximum atomic E-state index is 11.8. The van der Waals surface area contributed by atoms with Crippen molar-refractivity contribution < 1.29 is 4.79 Å². The summed E-state index contributed by atoms with van der Waals surface area (Å²) < 4.78 is 0. The highest BCUT2D eigenvalue weighted by atomic mass is 16.1. The van der Waals surface area contributed by atoms with Crippen molar-refractivity contribution in [1.29, 1.82) is 0 Å². The van der Waals surface area contributed by atoms with Crippen LogP contribution in [0.15, 0.2) is 30.3 Å². The van der Waals surface area contributed by atoms with E-state index in [0.29, 0.717) is 0 Å². The maximum Gasteiger partial charge on any atom is 0.147 e. The number of ketones is 1. The Morgan fingerprint density at radius 1 is 1.12 bits per heavy atom. The predicted molar refractivity (Wildman–Crippen MR) is 69.5 cm³/mol. The molecule has 0 bridgehead atoms. The van der Waals surface area contributed by atoms with E-state index in [1.807, 2.05) is 30.3 Å². The third kappa shape index (κ3) is 2.77. The van der Waals surface area contributed by atoms with E-state index in [4.69, 9.17) is 0 Å². The molecule has 0 aliphatic heterocycles. The maximum absolute atomic E-state index is 11.8. The molecule has 1 saturated carbocycles. The van der Waals surface area contributed by atoms with Crippen molar-refractivity contribution in [3.63, 3.8) is 0 Å². The van der Waals surface area contributed by atoms with E-state index in [1.165, 1.54) is 6.42 Å². The van der Waals surface area contributed by atoms with Gasteiger partial charge in [0.05, 0.1) is 5.41 Å². The Labute approximate surface area is 103 Å². The van der Waals surface area contributed by atoms with Gasteiger partial charge < -0.3 is 0 Å². The molecule has 1 aliphatic rings. The summed E-state index contributed by atoms with van der Waals surface area (Å²) in [4.78, 5) is 11.8. The van der Waals surface area contributed by atoms with Crippen molar-refractivity contribution >= 4 is 5.78 Å². The number of benzene rings is 1. The zero-order valence-electron chi connectivity index (χ0n) is 10.3. The summed E-state index contributed by atoms with van der Waals surface area (Å²) in [5.41, 5.74) is 0.632. The Morgan fingerprint density at radius 2 is 1.76 bits per heavy atom. The average Bonchev–Trinajstić information content (AvgIpc) is 2.38. The molecule has 1 heteroatoms. The minimum Gasteiger partial charge on any atom is -0.298 e. The summed E-state index contributed by atoms with van der Waals surface area (Å²) in [6.45, 7) is 1.69. The quantitative estimate of drug-likeness (QED) is 0.669. The Hall–Kier alpha value is -1.55. The molecule has 2 rings (SSSR count). The van der Waals surface area contributed by atoms with Crippen LogP contribution in [0.25, 0.3) is 0 Å². The van der Waals surface area contributed by atoms with Gasteiger partial charge in [0.1, 0.15) is 5.78 Å². The topological polar surface area (TPSA) is 17.1 Å². The van der Waals surface area contributed by atoms with Crippen molar-refractivity contribution in [2.45, 2.75) is 39.0 Å². The van der Waals surface area contributed by atoms with E-state index in [-0.39, 0.29) is 11.2 Å². The molecule has 1 aromatic carbocycles. The molecule has 0 saturated heterocycles. The van der Waals surface area contributed by atoms with Crippen molar-refractivity contribution in [3.8, 4) is 11.8 Å². The molecule has 1 nitrogen and oxygen atoms in total. The first kappa shape index (κ1) is 11.9. The SMILES string of the molecule is CC(=O)C1(C#Cc2ccccc2)CCCCC1. The van der Waals surface area contributed by atoms with Gasteiger partial charge in [-0.25, -0.2) is 0 Å². The molecule has 88 valence electrons. The van der Waals surface area contributed by atoms with E-state index in [0.717, 1.165) is 31.2 Å². The molecule has 0 atom stereocenters.